The topological polar surface area (TPSA) is 37.4 Å². The van der Waals surface area contributed by atoms with Gasteiger partial charge in [-0.05, 0) is 23.3 Å². The highest BCUT2D eigenvalue weighted by atomic mass is 16.2. The smallest absolute Gasteiger partial charge is 0.238 e. The Morgan fingerprint density at radius 2 is 0.897 bits per heavy atom. The molecule has 1 aliphatic carbocycles. The highest BCUT2D eigenvalue weighted by molar-refractivity contribution is 6.22. The Balaban J connectivity index is 1.64. The lowest BCUT2D eigenvalue weighted by Gasteiger charge is -2.32. The molecule has 3 aromatic carbocycles. The number of para-hydroxylation sites is 1. The Labute approximate surface area is 170 Å². The first-order chi connectivity index (χ1) is 14.3. The third-order valence-electron chi connectivity index (χ3n) is 6.08. The summed E-state index contributed by atoms with van der Waals surface area (Å²) in [6, 6.07) is 29.3. The summed E-state index contributed by atoms with van der Waals surface area (Å²) < 4.78 is 0. The van der Waals surface area contributed by atoms with Crippen LogP contribution in [0.15, 0.2) is 103 Å². The molecule has 0 saturated carbocycles. The first-order valence-electron chi connectivity index (χ1n) is 9.97. The first kappa shape index (κ1) is 17.6. The zero-order valence-electron chi connectivity index (χ0n) is 15.9. The molecule has 0 bridgehead atoms. The second-order valence-electron chi connectivity index (χ2n) is 7.66. The summed E-state index contributed by atoms with van der Waals surface area (Å²) in [5.41, 5.74) is 2.79. The predicted octanol–water partition coefficient (Wildman–Crippen LogP) is 4.93. The van der Waals surface area contributed by atoms with Crippen molar-refractivity contribution in [1.82, 2.24) is 0 Å². The number of benzene rings is 3. The summed E-state index contributed by atoms with van der Waals surface area (Å²) in [4.78, 5) is 28.6. The molecule has 0 aromatic heterocycles. The minimum Gasteiger partial charge on any atom is -0.274 e. The van der Waals surface area contributed by atoms with Gasteiger partial charge in [-0.15, -0.1) is 0 Å². The van der Waals surface area contributed by atoms with Crippen LogP contribution in [0.1, 0.15) is 23.0 Å². The fourth-order valence-corrected chi connectivity index (χ4v) is 4.77. The summed E-state index contributed by atoms with van der Waals surface area (Å²) in [5, 5.41) is 0. The zero-order valence-corrected chi connectivity index (χ0v) is 15.9. The van der Waals surface area contributed by atoms with Gasteiger partial charge in [-0.2, -0.15) is 0 Å². The van der Waals surface area contributed by atoms with Crippen LogP contribution in [0.3, 0.4) is 0 Å². The first-order valence-corrected chi connectivity index (χ1v) is 9.97. The van der Waals surface area contributed by atoms with E-state index in [1.807, 2.05) is 91.0 Å². The van der Waals surface area contributed by atoms with Gasteiger partial charge in [0.25, 0.3) is 0 Å². The van der Waals surface area contributed by atoms with Crippen molar-refractivity contribution in [2.75, 3.05) is 4.90 Å². The number of imide groups is 1. The van der Waals surface area contributed by atoms with E-state index in [0.29, 0.717) is 5.69 Å². The molecule has 0 radical (unpaired) electrons. The summed E-state index contributed by atoms with van der Waals surface area (Å²) in [7, 11) is 0. The van der Waals surface area contributed by atoms with Crippen molar-refractivity contribution >= 4 is 17.5 Å². The van der Waals surface area contributed by atoms with E-state index in [1.54, 1.807) is 0 Å². The van der Waals surface area contributed by atoms with Crippen molar-refractivity contribution in [3.8, 4) is 0 Å². The Hall–Kier alpha value is -3.46. The van der Waals surface area contributed by atoms with Crippen molar-refractivity contribution in [2.45, 2.75) is 11.8 Å². The van der Waals surface area contributed by atoms with Crippen LogP contribution in [0.2, 0.25) is 0 Å². The molecule has 1 saturated heterocycles. The second kappa shape index (κ2) is 7.17. The van der Waals surface area contributed by atoms with Gasteiger partial charge in [-0.1, -0.05) is 91.0 Å². The van der Waals surface area contributed by atoms with Gasteiger partial charge >= 0.3 is 0 Å². The fraction of sp³-hybridized carbons (Fsp3) is 0.154. The molecular weight excluding hydrogens is 358 g/mol. The Kier molecular flexibility index (Phi) is 4.36. The number of carbonyl (C=O) groups is 2. The lowest BCUT2D eigenvalue weighted by atomic mass is 9.68. The number of fused-ring (bicyclic) bond motifs is 1. The van der Waals surface area contributed by atoms with Gasteiger partial charge < -0.3 is 0 Å². The number of allylic oxidation sites excluding steroid dienone is 2. The third-order valence-corrected chi connectivity index (χ3v) is 6.08. The van der Waals surface area contributed by atoms with E-state index in [-0.39, 0.29) is 23.7 Å². The number of rotatable bonds is 3. The standard InChI is InChI=1S/C26H21NO2/c28-25-23-21(18-10-4-1-5-11-18)16-17-22(19-12-6-2-7-13-19)24(23)26(29)27(25)20-14-8-3-9-15-20/h1-17,21-24H. The number of anilines is 1. The van der Waals surface area contributed by atoms with E-state index in [1.165, 1.54) is 4.90 Å². The monoisotopic (exact) mass is 379 g/mol. The van der Waals surface area contributed by atoms with Crippen LogP contribution in [0.25, 0.3) is 0 Å². The van der Waals surface area contributed by atoms with Crippen LogP contribution in [0.4, 0.5) is 5.69 Å². The van der Waals surface area contributed by atoms with E-state index in [2.05, 4.69) is 12.2 Å². The molecule has 142 valence electrons. The van der Waals surface area contributed by atoms with Gasteiger partial charge in [0.2, 0.25) is 11.8 Å². The Morgan fingerprint density at radius 3 is 1.31 bits per heavy atom. The van der Waals surface area contributed by atoms with Gasteiger partial charge in [0.1, 0.15) is 0 Å². The van der Waals surface area contributed by atoms with Gasteiger partial charge in [0.15, 0.2) is 0 Å². The molecule has 3 nitrogen and oxygen atoms in total. The number of nitrogens with zero attached hydrogens (tertiary/aromatic N) is 1. The number of carbonyl (C=O) groups excluding carboxylic acids is 2. The van der Waals surface area contributed by atoms with E-state index >= 15 is 0 Å². The zero-order chi connectivity index (χ0) is 19.8. The van der Waals surface area contributed by atoms with Gasteiger partial charge in [0.05, 0.1) is 17.5 Å². The fourth-order valence-electron chi connectivity index (χ4n) is 4.77. The molecule has 1 aliphatic heterocycles. The molecule has 0 spiro atoms. The minimum atomic E-state index is -0.402. The van der Waals surface area contributed by atoms with Crippen molar-refractivity contribution < 1.29 is 9.59 Å². The lowest BCUT2D eigenvalue weighted by Crippen LogP contribution is -2.31. The van der Waals surface area contributed by atoms with E-state index in [4.69, 9.17) is 0 Å². The van der Waals surface area contributed by atoms with Crippen LogP contribution < -0.4 is 4.90 Å². The van der Waals surface area contributed by atoms with E-state index in [9.17, 15) is 9.59 Å². The molecule has 2 aliphatic rings. The van der Waals surface area contributed by atoms with Crippen molar-refractivity contribution in [3.05, 3.63) is 114 Å². The molecule has 4 atom stereocenters. The maximum absolute atomic E-state index is 13.6. The lowest BCUT2D eigenvalue weighted by molar-refractivity contribution is -0.122. The number of hydrogen-bond donors (Lipinski definition) is 0. The van der Waals surface area contributed by atoms with Crippen molar-refractivity contribution in [3.63, 3.8) is 0 Å². The molecule has 5 rings (SSSR count). The minimum absolute atomic E-state index is 0.105. The maximum Gasteiger partial charge on any atom is 0.238 e. The molecule has 3 aromatic rings. The van der Waals surface area contributed by atoms with Crippen molar-refractivity contribution in [1.29, 1.82) is 0 Å². The Morgan fingerprint density at radius 1 is 0.517 bits per heavy atom. The van der Waals surface area contributed by atoms with Crippen LogP contribution in [-0.4, -0.2) is 11.8 Å². The highest BCUT2D eigenvalue weighted by Gasteiger charge is 2.55. The summed E-state index contributed by atoms with van der Waals surface area (Å²) in [6.45, 7) is 0. The van der Waals surface area contributed by atoms with Crippen molar-refractivity contribution in [2.24, 2.45) is 11.8 Å². The van der Waals surface area contributed by atoms with Crippen LogP contribution >= 0.6 is 0 Å². The molecule has 2 amide bonds. The molecule has 0 N–H and O–H groups in total. The molecular formula is C26H21NO2. The van der Waals surface area contributed by atoms with Gasteiger partial charge in [-0.25, -0.2) is 4.90 Å². The largest absolute Gasteiger partial charge is 0.274 e. The van der Waals surface area contributed by atoms with E-state index in [0.717, 1.165) is 11.1 Å². The average Bonchev–Trinajstić information content (AvgIpc) is 3.06. The second-order valence-corrected chi connectivity index (χ2v) is 7.66. The van der Waals surface area contributed by atoms with E-state index < -0.39 is 11.8 Å². The summed E-state index contributed by atoms with van der Waals surface area (Å²) >= 11 is 0. The third kappa shape index (κ3) is 2.90. The molecule has 29 heavy (non-hydrogen) atoms. The molecule has 3 heteroatoms. The molecule has 1 heterocycles. The summed E-state index contributed by atoms with van der Waals surface area (Å²) in [5.74, 6) is -1.23. The van der Waals surface area contributed by atoms with Crippen LogP contribution in [0, 0.1) is 11.8 Å². The number of amides is 2. The maximum atomic E-state index is 13.6. The van der Waals surface area contributed by atoms with Crippen LogP contribution in [0.5, 0.6) is 0 Å². The molecule has 1 fully saturated rings. The van der Waals surface area contributed by atoms with Crippen LogP contribution in [-0.2, 0) is 9.59 Å². The molecule has 4 unspecified atom stereocenters. The SMILES string of the molecule is O=C1C2C(c3ccccc3)C=CC(c3ccccc3)C2C(=O)N1c1ccccc1. The quantitative estimate of drug-likeness (QED) is 0.478. The Bertz CT molecular complexity index is 992. The highest BCUT2D eigenvalue weighted by Crippen LogP contribution is 2.50. The summed E-state index contributed by atoms with van der Waals surface area (Å²) in [6.07, 6.45) is 4.24. The van der Waals surface area contributed by atoms with Gasteiger partial charge in [-0.3, -0.25) is 9.59 Å². The van der Waals surface area contributed by atoms with Gasteiger partial charge in [0, 0.05) is 11.8 Å². The normalized spacial score (nSPS) is 25.9. The number of hydrogen-bond acceptors (Lipinski definition) is 2. The average molecular weight is 379 g/mol. The predicted molar refractivity (Wildman–Crippen MR) is 113 cm³/mol.